The van der Waals surface area contributed by atoms with E-state index in [0.717, 1.165) is 18.8 Å². The molecule has 2 aromatic heterocycles. The lowest BCUT2D eigenvalue weighted by atomic mass is 10.1. The quantitative estimate of drug-likeness (QED) is 0.490. The molecule has 0 saturated carbocycles. The van der Waals surface area contributed by atoms with Gasteiger partial charge in [0.2, 0.25) is 5.95 Å². The van der Waals surface area contributed by atoms with Gasteiger partial charge >= 0.3 is 0 Å². The average molecular weight is 430 g/mol. The second-order valence-electron chi connectivity index (χ2n) is 7.87. The number of nitrogens with zero attached hydrogens (tertiary/aromatic N) is 4. The number of piperidine rings is 1. The van der Waals surface area contributed by atoms with Crippen molar-refractivity contribution in [3.8, 4) is 5.82 Å². The van der Waals surface area contributed by atoms with Crippen molar-refractivity contribution >= 4 is 34.1 Å². The van der Waals surface area contributed by atoms with E-state index in [1.165, 1.54) is 37.2 Å². The van der Waals surface area contributed by atoms with Crippen LogP contribution in [0.4, 0.5) is 21.7 Å². The third kappa shape index (κ3) is 3.75. The van der Waals surface area contributed by atoms with Crippen LogP contribution in [-0.2, 0) is 0 Å². The summed E-state index contributed by atoms with van der Waals surface area (Å²) in [6, 6.07) is 14.5. The van der Waals surface area contributed by atoms with Gasteiger partial charge in [-0.3, -0.25) is 4.79 Å². The number of benzene rings is 2. The first-order valence-corrected chi connectivity index (χ1v) is 10.6. The fourth-order valence-electron chi connectivity index (χ4n) is 4.20. The Hall–Kier alpha value is -3.94. The lowest BCUT2D eigenvalue weighted by Gasteiger charge is -2.28. The molecule has 162 valence electrons. The zero-order chi connectivity index (χ0) is 22.1. The highest BCUT2D eigenvalue weighted by Gasteiger charge is 2.18. The Morgan fingerprint density at radius 1 is 1.03 bits per heavy atom. The van der Waals surface area contributed by atoms with Gasteiger partial charge < -0.3 is 20.5 Å². The number of hydrogen-bond donors (Lipinski definition) is 2. The summed E-state index contributed by atoms with van der Waals surface area (Å²) < 4.78 is 16.0. The van der Waals surface area contributed by atoms with Gasteiger partial charge in [-0.2, -0.15) is 4.98 Å². The van der Waals surface area contributed by atoms with Crippen molar-refractivity contribution in [2.24, 2.45) is 5.73 Å². The standard InChI is InChI=1S/C24H23FN6O/c25-19-5-4-6-20-22(19)18(23(26)32)15-31(20)21-11-12-27-24(29-21)28-16-7-9-17(10-8-16)30-13-2-1-3-14-30/h4-12,15H,1-3,13-14H2,(H2,26,32)(H,27,28,29). The predicted molar refractivity (Wildman–Crippen MR) is 123 cm³/mol. The molecule has 1 aliphatic rings. The molecule has 0 bridgehead atoms. The summed E-state index contributed by atoms with van der Waals surface area (Å²) in [5.41, 5.74) is 8.17. The molecule has 3 heterocycles. The topological polar surface area (TPSA) is 89.1 Å². The molecule has 0 spiro atoms. The predicted octanol–water partition coefficient (Wildman–Crippen LogP) is 4.39. The minimum Gasteiger partial charge on any atom is -0.372 e. The smallest absolute Gasteiger partial charge is 0.250 e. The van der Waals surface area contributed by atoms with E-state index in [2.05, 4.69) is 32.3 Å². The first-order valence-electron chi connectivity index (χ1n) is 10.6. The van der Waals surface area contributed by atoms with Crippen LogP contribution in [0.25, 0.3) is 16.7 Å². The zero-order valence-electron chi connectivity index (χ0n) is 17.5. The molecule has 2 aromatic carbocycles. The monoisotopic (exact) mass is 430 g/mol. The maximum Gasteiger partial charge on any atom is 0.250 e. The number of nitrogens with two attached hydrogens (primary N) is 1. The Morgan fingerprint density at radius 3 is 2.56 bits per heavy atom. The number of nitrogens with one attached hydrogen (secondary N) is 1. The molecule has 5 rings (SSSR count). The Kier molecular flexibility index (Phi) is 5.18. The van der Waals surface area contributed by atoms with Gasteiger partial charge in [-0.1, -0.05) is 6.07 Å². The number of amides is 1. The summed E-state index contributed by atoms with van der Waals surface area (Å²) in [5, 5.41) is 3.40. The third-order valence-electron chi connectivity index (χ3n) is 5.78. The second kappa shape index (κ2) is 8.30. The Bertz CT molecular complexity index is 1280. The molecule has 0 unspecified atom stereocenters. The molecular formula is C24H23FN6O. The van der Waals surface area contributed by atoms with Gasteiger partial charge in [0.15, 0.2) is 0 Å². The van der Waals surface area contributed by atoms with E-state index in [9.17, 15) is 9.18 Å². The van der Waals surface area contributed by atoms with E-state index in [-0.39, 0.29) is 10.9 Å². The minimum atomic E-state index is -0.694. The first kappa shape index (κ1) is 20.0. The summed E-state index contributed by atoms with van der Waals surface area (Å²) in [6.07, 6.45) is 6.89. The fraction of sp³-hybridized carbons (Fsp3) is 0.208. The summed E-state index contributed by atoms with van der Waals surface area (Å²) >= 11 is 0. The van der Waals surface area contributed by atoms with E-state index in [4.69, 9.17) is 5.73 Å². The largest absolute Gasteiger partial charge is 0.372 e. The molecule has 0 aliphatic carbocycles. The van der Waals surface area contributed by atoms with Crippen LogP contribution in [-0.4, -0.2) is 33.5 Å². The number of primary amides is 1. The molecule has 4 aromatic rings. The Morgan fingerprint density at radius 2 is 1.81 bits per heavy atom. The first-order chi connectivity index (χ1) is 15.6. The molecular weight excluding hydrogens is 407 g/mol. The maximum absolute atomic E-state index is 14.4. The molecule has 0 radical (unpaired) electrons. The number of anilines is 3. The van der Waals surface area contributed by atoms with Crippen molar-refractivity contribution < 1.29 is 9.18 Å². The van der Waals surface area contributed by atoms with Crippen molar-refractivity contribution in [3.63, 3.8) is 0 Å². The van der Waals surface area contributed by atoms with Crippen LogP contribution in [0.1, 0.15) is 29.6 Å². The van der Waals surface area contributed by atoms with Gasteiger partial charge in [-0.25, -0.2) is 9.37 Å². The van der Waals surface area contributed by atoms with Crippen LogP contribution in [0.3, 0.4) is 0 Å². The molecule has 7 nitrogen and oxygen atoms in total. The molecule has 0 atom stereocenters. The summed E-state index contributed by atoms with van der Waals surface area (Å²) in [7, 11) is 0. The summed E-state index contributed by atoms with van der Waals surface area (Å²) in [5.74, 6) is -0.307. The number of fused-ring (bicyclic) bond motifs is 1. The SMILES string of the molecule is NC(=O)c1cn(-c2ccnc(Nc3ccc(N4CCCCC4)cc3)n2)c2cccc(F)c12. The van der Waals surface area contributed by atoms with Crippen molar-refractivity contribution in [1.82, 2.24) is 14.5 Å². The van der Waals surface area contributed by atoms with Gasteiger partial charge in [-0.15, -0.1) is 0 Å². The van der Waals surface area contributed by atoms with Crippen LogP contribution in [0.15, 0.2) is 60.9 Å². The van der Waals surface area contributed by atoms with E-state index in [0.29, 0.717) is 17.3 Å². The minimum absolute atomic E-state index is 0.111. The van der Waals surface area contributed by atoms with Crippen molar-refractivity contribution in [2.75, 3.05) is 23.3 Å². The molecule has 1 aliphatic heterocycles. The number of carbonyl (C=O) groups is 1. The lowest BCUT2D eigenvalue weighted by molar-refractivity contribution is 0.100. The number of halogens is 1. The van der Waals surface area contributed by atoms with Gasteiger partial charge in [0, 0.05) is 42.2 Å². The lowest BCUT2D eigenvalue weighted by Crippen LogP contribution is -2.29. The normalized spacial score (nSPS) is 14.0. The molecule has 1 amide bonds. The van der Waals surface area contributed by atoms with E-state index >= 15 is 0 Å². The van der Waals surface area contributed by atoms with Gasteiger partial charge in [0.1, 0.15) is 11.6 Å². The molecule has 1 saturated heterocycles. The van der Waals surface area contributed by atoms with Crippen LogP contribution in [0.5, 0.6) is 0 Å². The van der Waals surface area contributed by atoms with Crippen molar-refractivity contribution in [2.45, 2.75) is 19.3 Å². The number of aromatic nitrogens is 3. The Labute approximate surface area is 184 Å². The fourth-order valence-corrected chi connectivity index (χ4v) is 4.20. The maximum atomic E-state index is 14.4. The number of rotatable bonds is 5. The van der Waals surface area contributed by atoms with Crippen molar-refractivity contribution in [3.05, 3.63) is 72.3 Å². The highest BCUT2D eigenvalue weighted by Crippen LogP contribution is 2.27. The molecule has 1 fully saturated rings. The highest BCUT2D eigenvalue weighted by molar-refractivity contribution is 6.06. The number of hydrogen-bond acceptors (Lipinski definition) is 5. The molecule has 32 heavy (non-hydrogen) atoms. The number of carbonyl (C=O) groups excluding carboxylic acids is 1. The highest BCUT2D eigenvalue weighted by atomic mass is 19.1. The van der Waals surface area contributed by atoms with Gasteiger partial charge in [-0.05, 0) is 61.7 Å². The molecule has 8 heteroatoms. The summed E-state index contributed by atoms with van der Waals surface area (Å²) in [4.78, 5) is 23.1. The van der Waals surface area contributed by atoms with Crippen LogP contribution >= 0.6 is 0 Å². The molecule has 3 N–H and O–H groups in total. The van der Waals surface area contributed by atoms with Crippen LogP contribution in [0, 0.1) is 5.82 Å². The second-order valence-corrected chi connectivity index (χ2v) is 7.87. The van der Waals surface area contributed by atoms with Crippen molar-refractivity contribution in [1.29, 1.82) is 0 Å². The summed E-state index contributed by atoms with van der Waals surface area (Å²) in [6.45, 7) is 2.19. The van der Waals surface area contributed by atoms with Crippen LogP contribution < -0.4 is 16.0 Å². The van der Waals surface area contributed by atoms with Gasteiger partial charge in [0.05, 0.1) is 11.1 Å². The van der Waals surface area contributed by atoms with Crippen LogP contribution in [0.2, 0.25) is 0 Å². The van der Waals surface area contributed by atoms with E-state index in [1.807, 2.05) is 12.1 Å². The van der Waals surface area contributed by atoms with E-state index < -0.39 is 11.7 Å². The average Bonchev–Trinajstić information content (AvgIpc) is 3.22. The third-order valence-corrected chi connectivity index (χ3v) is 5.78. The Balaban J connectivity index is 1.43. The van der Waals surface area contributed by atoms with Gasteiger partial charge in [0.25, 0.3) is 5.91 Å². The van der Waals surface area contributed by atoms with E-state index in [1.54, 1.807) is 29.0 Å². The zero-order valence-corrected chi connectivity index (χ0v) is 17.5.